The molecule has 2 aliphatic heterocycles. The van der Waals surface area contributed by atoms with E-state index in [2.05, 4.69) is 20.6 Å². The van der Waals surface area contributed by atoms with Crippen LogP contribution in [0.5, 0.6) is 0 Å². The number of anilines is 1. The highest BCUT2D eigenvalue weighted by Gasteiger charge is 2.42. The van der Waals surface area contributed by atoms with Gasteiger partial charge in [-0.1, -0.05) is 47.7 Å². The SMILES string of the molecule is Cc1cc(C)c(NC(=O)CSC2=Nc3ccccc3C3=N[C@@H](CC(=O)NCc4cccs4)C(=O)N23)c(C)c1. The van der Waals surface area contributed by atoms with Crippen LogP contribution in [-0.2, 0) is 20.9 Å². The summed E-state index contributed by atoms with van der Waals surface area (Å²) in [6.45, 7) is 6.37. The van der Waals surface area contributed by atoms with Crippen LogP contribution in [0.25, 0.3) is 0 Å². The number of hydrogen-bond acceptors (Lipinski definition) is 7. The van der Waals surface area contributed by atoms with E-state index >= 15 is 0 Å². The monoisotopic (exact) mass is 545 g/mol. The highest BCUT2D eigenvalue weighted by atomic mass is 32.2. The van der Waals surface area contributed by atoms with E-state index in [0.717, 1.165) is 32.8 Å². The Morgan fingerprint density at radius 1 is 1.05 bits per heavy atom. The van der Waals surface area contributed by atoms with Gasteiger partial charge < -0.3 is 10.6 Å². The molecule has 0 aliphatic carbocycles. The van der Waals surface area contributed by atoms with Crippen molar-refractivity contribution in [3.63, 3.8) is 0 Å². The summed E-state index contributed by atoms with van der Waals surface area (Å²) in [5, 5.41) is 8.18. The average Bonchev–Trinajstić information content (AvgIpc) is 3.52. The van der Waals surface area contributed by atoms with E-state index in [1.165, 1.54) is 16.7 Å². The van der Waals surface area contributed by atoms with Crippen LogP contribution in [0.15, 0.2) is 63.9 Å². The van der Waals surface area contributed by atoms with Crippen molar-refractivity contribution in [1.82, 2.24) is 10.2 Å². The summed E-state index contributed by atoms with van der Waals surface area (Å²) in [5.74, 6) is -0.233. The summed E-state index contributed by atoms with van der Waals surface area (Å²) in [4.78, 5) is 50.7. The topological polar surface area (TPSA) is 103 Å². The second kappa shape index (κ2) is 10.9. The molecule has 0 saturated carbocycles. The summed E-state index contributed by atoms with van der Waals surface area (Å²) in [7, 11) is 0. The summed E-state index contributed by atoms with van der Waals surface area (Å²) >= 11 is 2.73. The molecule has 3 heterocycles. The van der Waals surface area contributed by atoms with E-state index in [1.54, 1.807) is 11.3 Å². The standard InChI is InChI=1S/C28H27N5O3S2/c1-16-11-17(2)25(18(3)12-16)32-24(35)15-38-28-31-21-9-5-4-8-20(21)26-30-22(27(36)33(26)28)13-23(34)29-14-19-7-6-10-37-19/h4-12,22H,13-15H2,1-3H3,(H,29,34)(H,32,35)/t22-/m0/s1. The van der Waals surface area contributed by atoms with Gasteiger partial charge in [-0.3, -0.25) is 19.4 Å². The fraction of sp³-hybridized carbons (Fsp3) is 0.250. The van der Waals surface area contributed by atoms with Gasteiger partial charge >= 0.3 is 0 Å². The van der Waals surface area contributed by atoms with Crippen molar-refractivity contribution in [3.05, 3.63) is 81.0 Å². The number of nitrogens with zero attached hydrogens (tertiary/aromatic N) is 3. The van der Waals surface area contributed by atoms with Gasteiger partial charge in [0.2, 0.25) is 11.8 Å². The Morgan fingerprint density at radius 3 is 2.55 bits per heavy atom. The molecule has 1 atom stereocenters. The Hall–Kier alpha value is -3.76. The Morgan fingerprint density at radius 2 is 1.82 bits per heavy atom. The number of aliphatic imine (C=N–C) groups is 2. The van der Waals surface area contributed by atoms with E-state index in [9.17, 15) is 14.4 Å². The zero-order valence-electron chi connectivity index (χ0n) is 21.3. The van der Waals surface area contributed by atoms with E-state index in [-0.39, 0.29) is 29.9 Å². The normalized spacial score (nSPS) is 15.9. The molecule has 2 N–H and O–H groups in total. The minimum absolute atomic E-state index is 0.0587. The van der Waals surface area contributed by atoms with Gasteiger partial charge in [0, 0.05) is 16.1 Å². The summed E-state index contributed by atoms with van der Waals surface area (Å²) in [6, 6.07) is 14.5. The molecule has 10 heteroatoms. The van der Waals surface area contributed by atoms with Crippen LogP contribution in [0, 0.1) is 20.8 Å². The molecule has 0 fully saturated rings. The van der Waals surface area contributed by atoms with E-state index in [0.29, 0.717) is 23.2 Å². The molecule has 194 valence electrons. The van der Waals surface area contributed by atoms with Crippen LogP contribution in [0.3, 0.4) is 0 Å². The summed E-state index contributed by atoms with van der Waals surface area (Å²) in [5.41, 5.74) is 5.32. The number of para-hydroxylation sites is 1. The minimum atomic E-state index is -0.850. The Balaban J connectivity index is 1.30. The van der Waals surface area contributed by atoms with Crippen LogP contribution in [0.2, 0.25) is 0 Å². The van der Waals surface area contributed by atoms with Crippen LogP contribution >= 0.6 is 23.1 Å². The molecule has 0 radical (unpaired) electrons. The van der Waals surface area contributed by atoms with Gasteiger partial charge in [0.05, 0.1) is 24.4 Å². The van der Waals surface area contributed by atoms with E-state index in [4.69, 9.17) is 0 Å². The minimum Gasteiger partial charge on any atom is -0.351 e. The molecule has 3 aromatic rings. The predicted octanol–water partition coefficient (Wildman–Crippen LogP) is 4.71. The number of thiophene rings is 1. The highest BCUT2D eigenvalue weighted by Crippen LogP contribution is 2.34. The van der Waals surface area contributed by atoms with Crippen molar-refractivity contribution in [2.75, 3.05) is 11.1 Å². The van der Waals surface area contributed by atoms with Crippen molar-refractivity contribution in [2.45, 2.75) is 39.8 Å². The van der Waals surface area contributed by atoms with E-state index < -0.39 is 6.04 Å². The van der Waals surface area contributed by atoms with Crippen molar-refractivity contribution in [2.24, 2.45) is 9.98 Å². The molecule has 0 bridgehead atoms. The van der Waals surface area contributed by atoms with Crippen LogP contribution < -0.4 is 10.6 Å². The van der Waals surface area contributed by atoms with Crippen molar-refractivity contribution >= 4 is 63.2 Å². The van der Waals surface area contributed by atoms with Gasteiger partial charge in [-0.2, -0.15) is 0 Å². The molecule has 0 saturated heterocycles. The van der Waals surface area contributed by atoms with Gasteiger partial charge in [-0.15, -0.1) is 11.3 Å². The largest absolute Gasteiger partial charge is 0.351 e. The third-order valence-electron chi connectivity index (χ3n) is 6.24. The number of amides is 3. The summed E-state index contributed by atoms with van der Waals surface area (Å²) in [6.07, 6.45) is -0.0587. The van der Waals surface area contributed by atoms with Crippen LogP contribution in [0.4, 0.5) is 11.4 Å². The number of thioether (sulfide) groups is 1. The number of amidine groups is 2. The zero-order chi connectivity index (χ0) is 26.8. The van der Waals surface area contributed by atoms with Gasteiger partial charge in [-0.25, -0.2) is 9.89 Å². The highest BCUT2D eigenvalue weighted by molar-refractivity contribution is 8.14. The number of fused-ring (bicyclic) bond motifs is 3. The number of benzene rings is 2. The lowest BCUT2D eigenvalue weighted by atomic mass is 10.1. The maximum absolute atomic E-state index is 13.4. The summed E-state index contributed by atoms with van der Waals surface area (Å²) < 4.78 is 0. The second-order valence-corrected chi connectivity index (χ2v) is 11.2. The lowest BCUT2D eigenvalue weighted by molar-refractivity contribution is -0.128. The Labute approximate surface area is 229 Å². The quantitative estimate of drug-likeness (QED) is 0.449. The van der Waals surface area contributed by atoms with Gasteiger partial charge in [0.25, 0.3) is 5.91 Å². The number of hydrogen-bond donors (Lipinski definition) is 2. The predicted molar refractivity (Wildman–Crippen MR) is 153 cm³/mol. The lowest BCUT2D eigenvalue weighted by Crippen LogP contribution is -2.42. The van der Waals surface area contributed by atoms with E-state index in [1.807, 2.05) is 74.7 Å². The van der Waals surface area contributed by atoms with Gasteiger partial charge in [0.15, 0.2) is 5.17 Å². The lowest BCUT2D eigenvalue weighted by Gasteiger charge is -2.25. The molecule has 38 heavy (non-hydrogen) atoms. The third-order valence-corrected chi connectivity index (χ3v) is 8.06. The molecule has 3 amide bonds. The molecule has 8 nitrogen and oxygen atoms in total. The maximum atomic E-state index is 13.4. The molecular formula is C28H27N5O3S2. The Bertz CT molecular complexity index is 1460. The first-order chi connectivity index (χ1) is 18.3. The molecule has 0 spiro atoms. The fourth-order valence-corrected chi connectivity index (χ4v) is 6.01. The van der Waals surface area contributed by atoms with Crippen LogP contribution in [0.1, 0.15) is 33.6 Å². The van der Waals surface area contributed by atoms with Gasteiger partial charge in [0.1, 0.15) is 11.9 Å². The number of aryl methyl sites for hydroxylation is 3. The first-order valence-corrected chi connectivity index (χ1v) is 14.1. The van der Waals surface area contributed by atoms with Crippen molar-refractivity contribution in [3.8, 4) is 0 Å². The number of nitrogens with one attached hydrogen (secondary N) is 2. The van der Waals surface area contributed by atoms with Crippen LogP contribution in [-0.4, -0.2) is 45.4 Å². The third kappa shape index (κ3) is 5.41. The fourth-order valence-electron chi connectivity index (χ4n) is 4.56. The maximum Gasteiger partial charge on any atom is 0.259 e. The zero-order valence-corrected chi connectivity index (χ0v) is 22.9. The van der Waals surface area contributed by atoms with Gasteiger partial charge in [-0.05, 0) is 55.5 Å². The first-order valence-electron chi connectivity index (χ1n) is 12.2. The Kier molecular flexibility index (Phi) is 7.44. The molecule has 0 unspecified atom stereocenters. The van der Waals surface area contributed by atoms with Crippen molar-refractivity contribution in [1.29, 1.82) is 0 Å². The molecular weight excluding hydrogens is 518 g/mol. The average molecular weight is 546 g/mol. The number of rotatable bonds is 7. The molecule has 2 aromatic carbocycles. The molecule has 1 aromatic heterocycles. The second-order valence-electron chi connectivity index (χ2n) is 9.22. The number of carbonyl (C=O) groups is 3. The number of carbonyl (C=O) groups excluding carboxylic acids is 3. The molecule has 5 rings (SSSR count). The first kappa shape index (κ1) is 25.9. The molecule has 2 aliphatic rings. The van der Waals surface area contributed by atoms with Crippen molar-refractivity contribution < 1.29 is 14.4 Å². The smallest absolute Gasteiger partial charge is 0.259 e.